The van der Waals surface area contributed by atoms with Crippen LogP contribution in [0.3, 0.4) is 0 Å². The minimum absolute atomic E-state index is 0.0849. The Kier molecular flexibility index (Phi) is 4.88. The first-order valence-corrected chi connectivity index (χ1v) is 7.28. The largest absolute Gasteiger partial charge is 0.493 e. The molecule has 0 spiro atoms. The Morgan fingerprint density at radius 2 is 2.17 bits per heavy atom. The zero-order valence-corrected chi connectivity index (χ0v) is 13.6. The number of amides is 2. The minimum atomic E-state index is -0.719. The lowest BCUT2D eigenvalue weighted by Crippen LogP contribution is -2.51. The van der Waals surface area contributed by atoms with E-state index < -0.39 is 6.10 Å². The number of aldehydes is 1. The standard InChI is InChI=1S/C16H20N2O5/c1-9(2)14-16(21)18(7-13(20)17-3)11-5-10(8-19)6-12(22-4)15(11)23-14/h5-6,8-9,14H,7H2,1-4H3,(H,17,20). The topological polar surface area (TPSA) is 84.9 Å². The number of rotatable bonds is 5. The summed E-state index contributed by atoms with van der Waals surface area (Å²) >= 11 is 0. The van der Waals surface area contributed by atoms with Crippen LogP contribution in [0.15, 0.2) is 12.1 Å². The van der Waals surface area contributed by atoms with Gasteiger partial charge in [-0.15, -0.1) is 0 Å². The van der Waals surface area contributed by atoms with Crippen molar-refractivity contribution < 1.29 is 23.9 Å². The van der Waals surface area contributed by atoms with Crippen LogP contribution in [0.2, 0.25) is 0 Å². The van der Waals surface area contributed by atoms with Crippen LogP contribution in [0.1, 0.15) is 24.2 Å². The molecule has 0 saturated heterocycles. The van der Waals surface area contributed by atoms with Gasteiger partial charge in [-0.2, -0.15) is 0 Å². The summed E-state index contributed by atoms with van der Waals surface area (Å²) in [6.45, 7) is 3.57. The molecule has 0 fully saturated rings. The van der Waals surface area contributed by atoms with Gasteiger partial charge in [-0.25, -0.2) is 0 Å². The first-order chi connectivity index (χ1) is 10.9. The Morgan fingerprint density at radius 3 is 2.70 bits per heavy atom. The lowest BCUT2D eigenvalue weighted by molar-refractivity contribution is -0.130. The summed E-state index contributed by atoms with van der Waals surface area (Å²) in [5.74, 6) is -0.00590. The van der Waals surface area contributed by atoms with Crippen molar-refractivity contribution in [2.75, 3.05) is 25.6 Å². The number of hydrogen-bond acceptors (Lipinski definition) is 5. The lowest BCUT2D eigenvalue weighted by Gasteiger charge is -2.36. The van der Waals surface area contributed by atoms with E-state index in [1.807, 2.05) is 13.8 Å². The van der Waals surface area contributed by atoms with Crippen molar-refractivity contribution in [3.8, 4) is 11.5 Å². The quantitative estimate of drug-likeness (QED) is 0.818. The van der Waals surface area contributed by atoms with Crippen molar-refractivity contribution in [3.05, 3.63) is 17.7 Å². The van der Waals surface area contributed by atoms with Gasteiger partial charge in [-0.1, -0.05) is 13.8 Å². The first kappa shape index (κ1) is 16.8. The minimum Gasteiger partial charge on any atom is -0.493 e. The molecule has 1 aliphatic rings. The number of hydrogen-bond donors (Lipinski definition) is 1. The highest BCUT2D eigenvalue weighted by molar-refractivity contribution is 6.05. The molecule has 2 rings (SSSR count). The van der Waals surface area contributed by atoms with Crippen LogP contribution in [0.4, 0.5) is 5.69 Å². The summed E-state index contributed by atoms with van der Waals surface area (Å²) in [7, 11) is 2.95. The fourth-order valence-corrected chi connectivity index (χ4v) is 2.40. The molecule has 1 N–H and O–H groups in total. The molecule has 0 aliphatic carbocycles. The number of carbonyl (C=O) groups excluding carboxylic acids is 3. The van der Waals surface area contributed by atoms with Gasteiger partial charge in [0.05, 0.1) is 12.8 Å². The van der Waals surface area contributed by atoms with Crippen LogP contribution in [0, 0.1) is 5.92 Å². The normalized spacial score (nSPS) is 16.7. The number of carbonyl (C=O) groups is 3. The summed E-state index contributed by atoms with van der Waals surface area (Å²) in [5.41, 5.74) is 0.693. The van der Waals surface area contributed by atoms with Crippen LogP contribution in [-0.4, -0.2) is 44.9 Å². The smallest absolute Gasteiger partial charge is 0.268 e. The number of ether oxygens (including phenoxy) is 2. The molecular weight excluding hydrogens is 300 g/mol. The average molecular weight is 320 g/mol. The summed E-state index contributed by atoms with van der Waals surface area (Å²) in [6.07, 6.45) is -0.0667. The molecule has 0 bridgehead atoms. The third-order valence-electron chi connectivity index (χ3n) is 3.64. The number of fused-ring (bicyclic) bond motifs is 1. The Hall–Kier alpha value is -2.57. The fraction of sp³-hybridized carbons (Fsp3) is 0.438. The van der Waals surface area contributed by atoms with Crippen LogP contribution in [0.25, 0.3) is 0 Å². The Morgan fingerprint density at radius 1 is 1.48 bits per heavy atom. The zero-order chi connectivity index (χ0) is 17.1. The van der Waals surface area contributed by atoms with Gasteiger partial charge < -0.3 is 14.8 Å². The van der Waals surface area contributed by atoms with E-state index in [2.05, 4.69) is 5.32 Å². The van der Waals surface area contributed by atoms with Gasteiger partial charge in [0.15, 0.2) is 17.6 Å². The van der Waals surface area contributed by atoms with E-state index >= 15 is 0 Å². The number of benzene rings is 1. The highest BCUT2D eigenvalue weighted by Gasteiger charge is 2.39. The predicted molar refractivity (Wildman–Crippen MR) is 84.1 cm³/mol. The van der Waals surface area contributed by atoms with Crippen molar-refractivity contribution in [1.82, 2.24) is 5.32 Å². The van der Waals surface area contributed by atoms with Crippen LogP contribution >= 0.6 is 0 Å². The highest BCUT2D eigenvalue weighted by Crippen LogP contribution is 2.43. The molecule has 0 saturated carbocycles. The van der Waals surface area contributed by atoms with Gasteiger partial charge >= 0.3 is 0 Å². The van der Waals surface area contributed by atoms with E-state index in [9.17, 15) is 14.4 Å². The molecule has 1 aromatic carbocycles. The summed E-state index contributed by atoms with van der Waals surface area (Å²) in [6, 6.07) is 3.05. The van der Waals surface area contributed by atoms with E-state index in [0.29, 0.717) is 29.0 Å². The molecule has 2 amide bonds. The van der Waals surface area contributed by atoms with Crippen LogP contribution in [-0.2, 0) is 9.59 Å². The number of nitrogens with one attached hydrogen (secondary N) is 1. The molecule has 1 aliphatic heterocycles. The lowest BCUT2D eigenvalue weighted by atomic mass is 10.0. The predicted octanol–water partition coefficient (Wildman–Crippen LogP) is 1.00. The third kappa shape index (κ3) is 3.13. The van der Waals surface area contributed by atoms with Gasteiger partial charge in [0.1, 0.15) is 12.8 Å². The van der Waals surface area contributed by atoms with Crippen molar-refractivity contribution in [2.24, 2.45) is 5.92 Å². The van der Waals surface area contributed by atoms with Crippen molar-refractivity contribution in [1.29, 1.82) is 0 Å². The maximum absolute atomic E-state index is 12.7. The Labute approximate surface area is 134 Å². The molecule has 0 aromatic heterocycles. The SMILES string of the molecule is CNC(=O)CN1C(=O)C(C(C)C)Oc2c(OC)cc(C=O)cc21. The summed E-state index contributed by atoms with van der Waals surface area (Å²) in [4.78, 5) is 36.9. The van der Waals surface area contributed by atoms with Gasteiger partial charge in [-0.05, 0) is 18.1 Å². The second-order valence-corrected chi connectivity index (χ2v) is 5.57. The average Bonchev–Trinajstić information content (AvgIpc) is 2.55. The summed E-state index contributed by atoms with van der Waals surface area (Å²) in [5, 5.41) is 2.49. The second-order valence-electron chi connectivity index (χ2n) is 5.57. The van der Waals surface area contributed by atoms with Crippen molar-refractivity contribution >= 4 is 23.8 Å². The second kappa shape index (κ2) is 6.68. The Bertz CT molecular complexity index is 642. The molecule has 0 radical (unpaired) electrons. The molecule has 1 aromatic rings. The maximum atomic E-state index is 12.7. The number of methoxy groups -OCH3 is 1. The number of likely N-dealkylation sites (N-methyl/N-ethyl adjacent to an activating group) is 1. The van der Waals surface area contributed by atoms with Crippen LogP contribution in [0.5, 0.6) is 11.5 Å². The Balaban J connectivity index is 2.59. The van der Waals surface area contributed by atoms with Crippen molar-refractivity contribution in [3.63, 3.8) is 0 Å². The molecule has 23 heavy (non-hydrogen) atoms. The zero-order valence-electron chi connectivity index (χ0n) is 13.6. The van der Waals surface area contributed by atoms with E-state index in [1.54, 1.807) is 0 Å². The number of nitrogens with zero attached hydrogens (tertiary/aromatic N) is 1. The van der Waals surface area contributed by atoms with E-state index in [4.69, 9.17) is 9.47 Å². The molecule has 7 heteroatoms. The molecule has 1 atom stereocenters. The molecule has 7 nitrogen and oxygen atoms in total. The van der Waals surface area contributed by atoms with Gasteiger partial charge in [-0.3, -0.25) is 19.3 Å². The van der Waals surface area contributed by atoms with Crippen LogP contribution < -0.4 is 19.7 Å². The summed E-state index contributed by atoms with van der Waals surface area (Å²) < 4.78 is 11.1. The van der Waals surface area contributed by atoms with E-state index in [0.717, 1.165) is 0 Å². The van der Waals surface area contributed by atoms with E-state index in [1.165, 1.54) is 31.2 Å². The number of anilines is 1. The molecule has 1 unspecified atom stereocenters. The monoisotopic (exact) mass is 320 g/mol. The third-order valence-corrected chi connectivity index (χ3v) is 3.64. The van der Waals surface area contributed by atoms with Gasteiger partial charge in [0.25, 0.3) is 5.91 Å². The molecular formula is C16H20N2O5. The van der Waals surface area contributed by atoms with E-state index in [-0.39, 0.29) is 24.3 Å². The first-order valence-electron chi connectivity index (χ1n) is 7.28. The molecule has 124 valence electrons. The maximum Gasteiger partial charge on any atom is 0.268 e. The fourth-order valence-electron chi connectivity index (χ4n) is 2.40. The van der Waals surface area contributed by atoms with Crippen molar-refractivity contribution in [2.45, 2.75) is 20.0 Å². The highest BCUT2D eigenvalue weighted by atomic mass is 16.5. The van der Waals surface area contributed by atoms with Gasteiger partial charge in [0, 0.05) is 12.6 Å². The molecule has 1 heterocycles. The van der Waals surface area contributed by atoms with Gasteiger partial charge in [0.2, 0.25) is 5.91 Å².